The van der Waals surface area contributed by atoms with Crippen LogP contribution in [0.3, 0.4) is 0 Å². The molecule has 3 amide bonds. The second kappa shape index (κ2) is 7.50. The van der Waals surface area contributed by atoms with Gasteiger partial charge in [0.1, 0.15) is 0 Å². The van der Waals surface area contributed by atoms with E-state index in [1.54, 1.807) is 7.05 Å². The Morgan fingerprint density at radius 3 is 2.82 bits per heavy atom. The van der Waals surface area contributed by atoms with E-state index < -0.39 is 6.03 Å². The first-order valence-electron chi connectivity index (χ1n) is 5.86. The molecule has 0 aromatic carbocycles. The molecule has 1 aliphatic rings. The number of urea groups is 1. The van der Waals surface area contributed by atoms with E-state index in [9.17, 15) is 9.59 Å². The summed E-state index contributed by atoms with van der Waals surface area (Å²) in [5, 5.41) is 2.28. The molecule has 0 saturated carbocycles. The van der Waals surface area contributed by atoms with Gasteiger partial charge in [0.2, 0.25) is 5.91 Å². The summed E-state index contributed by atoms with van der Waals surface area (Å²) in [5.41, 5.74) is 0. The van der Waals surface area contributed by atoms with E-state index in [1.165, 1.54) is 4.90 Å². The molecule has 6 heteroatoms. The molecule has 1 atom stereocenters. The molecule has 0 aromatic rings. The van der Waals surface area contributed by atoms with E-state index in [-0.39, 0.29) is 24.3 Å². The maximum atomic E-state index is 11.6. The molecule has 0 aliphatic carbocycles. The van der Waals surface area contributed by atoms with Crippen LogP contribution in [-0.4, -0.2) is 49.0 Å². The van der Waals surface area contributed by atoms with Crippen LogP contribution in [0, 0.1) is 0 Å². The first kappa shape index (κ1) is 14.3. The lowest BCUT2D eigenvalue weighted by atomic mass is 10.1. The van der Waals surface area contributed by atoms with Crippen LogP contribution >= 0.6 is 11.6 Å². The number of rotatable bonds is 4. The summed E-state index contributed by atoms with van der Waals surface area (Å²) >= 11 is 5.41. The van der Waals surface area contributed by atoms with E-state index in [4.69, 9.17) is 16.3 Å². The number of carbonyl (C=O) groups excluding carboxylic acids is 2. The molecule has 1 fully saturated rings. The Kier molecular flexibility index (Phi) is 6.29. The average Bonchev–Trinajstić information content (AvgIpc) is 2.30. The molecule has 1 rings (SSSR count). The van der Waals surface area contributed by atoms with E-state index in [1.807, 2.05) is 0 Å². The number of hydrogen-bond donors (Lipinski definition) is 1. The van der Waals surface area contributed by atoms with Crippen LogP contribution in [0.1, 0.15) is 25.7 Å². The molecule has 1 heterocycles. The highest BCUT2D eigenvalue weighted by Crippen LogP contribution is 2.13. The van der Waals surface area contributed by atoms with Gasteiger partial charge in [0.05, 0.1) is 6.10 Å². The van der Waals surface area contributed by atoms with Crippen molar-refractivity contribution in [1.82, 2.24) is 10.2 Å². The molecular weight excluding hydrogens is 244 g/mol. The Hall–Kier alpha value is -0.810. The lowest BCUT2D eigenvalue weighted by Gasteiger charge is -2.27. The van der Waals surface area contributed by atoms with Gasteiger partial charge in [-0.2, -0.15) is 0 Å². The lowest BCUT2D eigenvalue weighted by Crippen LogP contribution is -2.44. The molecule has 1 aliphatic heterocycles. The van der Waals surface area contributed by atoms with Crippen LogP contribution in [0.15, 0.2) is 0 Å². The van der Waals surface area contributed by atoms with Gasteiger partial charge in [-0.3, -0.25) is 10.1 Å². The van der Waals surface area contributed by atoms with Crippen LogP contribution in [0.5, 0.6) is 0 Å². The second-order valence-corrected chi connectivity index (χ2v) is 4.54. The second-order valence-electron chi connectivity index (χ2n) is 4.16. The van der Waals surface area contributed by atoms with Crippen molar-refractivity contribution in [2.75, 3.05) is 26.1 Å². The fraction of sp³-hybridized carbons (Fsp3) is 0.818. The lowest BCUT2D eigenvalue weighted by molar-refractivity contribution is -0.119. The largest absolute Gasteiger partial charge is 0.376 e. The molecular formula is C11H19ClN2O3. The van der Waals surface area contributed by atoms with E-state index in [0.29, 0.717) is 6.54 Å². The van der Waals surface area contributed by atoms with E-state index >= 15 is 0 Å². The fourth-order valence-corrected chi connectivity index (χ4v) is 1.87. The summed E-state index contributed by atoms with van der Waals surface area (Å²) in [6.45, 7) is 1.27. The van der Waals surface area contributed by atoms with Gasteiger partial charge >= 0.3 is 6.03 Å². The van der Waals surface area contributed by atoms with Gasteiger partial charge in [0.25, 0.3) is 0 Å². The van der Waals surface area contributed by atoms with Gasteiger partial charge < -0.3 is 9.64 Å². The molecule has 17 heavy (non-hydrogen) atoms. The minimum Gasteiger partial charge on any atom is -0.376 e. The van der Waals surface area contributed by atoms with Crippen molar-refractivity contribution in [2.24, 2.45) is 0 Å². The van der Waals surface area contributed by atoms with E-state index in [0.717, 1.165) is 25.9 Å². The summed E-state index contributed by atoms with van der Waals surface area (Å²) < 4.78 is 5.52. The number of halogens is 1. The third-order valence-electron chi connectivity index (χ3n) is 2.67. The number of nitrogens with one attached hydrogen (secondary N) is 1. The van der Waals surface area contributed by atoms with Gasteiger partial charge in [-0.05, 0) is 19.3 Å². The normalized spacial score (nSPS) is 19.8. The molecule has 1 unspecified atom stereocenters. The standard InChI is InChI=1S/C11H19ClN2O3/c1-14(8-9-4-2-3-7-17-9)11(16)13-10(15)5-6-12/h9H,2-8H2,1H3,(H,13,15,16). The van der Waals surface area contributed by atoms with Gasteiger partial charge in [-0.25, -0.2) is 4.79 Å². The van der Waals surface area contributed by atoms with Gasteiger partial charge in [0.15, 0.2) is 0 Å². The van der Waals surface area contributed by atoms with E-state index in [2.05, 4.69) is 5.32 Å². The number of imide groups is 1. The molecule has 1 saturated heterocycles. The van der Waals surface area contributed by atoms with Crippen molar-refractivity contribution in [3.63, 3.8) is 0 Å². The Bertz CT molecular complexity index is 267. The third-order valence-corrected chi connectivity index (χ3v) is 2.86. The molecule has 0 radical (unpaired) electrons. The number of amides is 3. The van der Waals surface area contributed by atoms with Crippen molar-refractivity contribution >= 4 is 23.5 Å². The Balaban J connectivity index is 2.28. The van der Waals surface area contributed by atoms with Crippen LogP contribution < -0.4 is 5.32 Å². The molecule has 0 bridgehead atoms. The number of nitrogens with zero attached hydrogens (tertiary/aromatic N) is 1. The topological polar surface area (TPSA) is 58.6 Å². The number of alkyl halides is 1. The predicted octanol–water partition coefficient (Wildman–Crippen LogP) is 1.35. The molecule has 0 aromatic heterocycles. The van der Waals surface area contributed by atoms with Crippen LogP contribution in [-0.2, 0) is 9.53 Å². The summed E-state index contributed by atoms with van der Waals surface area (Å²) in [5.74, 6) is -0.129. The number of likely N-dealkylation sites (N-methyl/N-ethyl adjacent to an activating group) is 1. The maximum absolute atomic E-state index is 11.6. The van der Waals surface area contributed by atoms with Crippen molar-refractivity contribution in [1.29, 1.82) is 0 Å². The average molecular weight is 263 g/mol. The molecule has 98 valence electrons. The maximum Gasteiger partial charge on any atom is 0.323 e. The minimum atomic E-state index is -0.394. The zero-order valence-corrected chi connectivity index (χ0v) is 10.8. The summed E-state index contributed by atoms with van der Waals surface area (Å²) in [4.78, 5) is 24.2. The highest BCUT2D eigenvalue weighted by atomic mass is 35.5. The highest BCUT2D eigenvalue weighted by Gasteiger charge is 2.19. The minimum absolute atomic E-state index is 0.0858. The highest BCUT2D eigenvalue weighted by molar-refractivity contribution is 6.19. The first-order chi connectivity index (χ1) is 8.13. The van der Waals surface area contributed by atoms with Gasteiger partial charge in [0, 0.05) is 32.5 Å². The smallest absolute Gasteiger partial charge is 0.323 e. The van der Waals surface area contributed by atoms with Crippen molar-refractivity contribution in [3.05, 3.63) is 0 Å². The van der Waals surface area contributed by atoms with Crippen molar-refractivity contribution in [3.8, 4) is 0 Å². The van der Waals surface area contributed by atoms with Crippen LogP contribution in [0.4, 0.5) is 4.79 Å². The Labute approximate surface area is 106 Å². The summed E-state index contributed by atoms with van der Waals surface area (Å²) in [6.07, 6.45) is 3.42. The monoisotopic (exact) mass is 262 g/mol. The zero-order valence-electron chi connectivity index (χ0n) is 10.1. The summed E-state index contributed by atoms with van der Waals surface area (Å²) in [7, 11) is 1.65. The predicted molar refractivity (Wildman–Crippen MR) is 65.1 cm³/mol. The number of ether oxygens (including phenoxy) is 1. The zero-order chi connectivity index (χ0) is 12.7. The first-order valence-corrected chi connectivity index (χ1v) is 6.39. The van der Waals surface area contributed by atoms with Crippen LogP contribution in [0.25, 0.3) is 0 Å². The molecule has 0 spiro atoms. The van der Waals surface area contributed by atoms with Crippen molar-refractivity contribution < 1.29 is 14.3 Å². The van der Waals surface area contributed by atoms with Gasteiger partial charge in [-0.15, -0.1) is 11.6 Å². The Morgan fingerprint density at radius 1 is 1.47 bits per heavy atom. The van der Waals surface area contributed by atoms with Gasteiger partial charge in [-0.1, -0.05) is 0 Å². The SMILES string of the molecule is CN(CC1CCCCO1)C(=O)NC(=O)CCCl. The quantitative estimate of drug-likeness (QED) is 0.778. The Morgan fingerprint density at radius 2 is 2.24 bits per heavy atom. The third kappa shape index (κ3) is 5.37. The van der Waals surface area contributed by atoms with Crippen LogP contribution in [0.2, 0.25) is 0 Å². The summed E-state index contributed by atoms with van der Waals surface area (Å²) in [6, 6.07) is -0.394. The number of carbonyl (C=O) groups is 2. The molecule has 1 N–H and O–H groups in total. The molecule has 5 nitrogen and oxygen atoms in total. The fourth-order valence-electron chi connectivity index (χ4n) is 1.70. The van der Waals surface area contributed by atoms with Crippen molar-refractivity contribution in [2.45, 2.75) is 31.8 Å². The number of hydrogen-bond acceptors (Lipinski definition) is 3.